The third-order valence-electron chi connectivity index (χ3n) is 1.29. The fourth-order valence-electron chi connectivity index (χ4n) is 0.756. The predicted molar refractivity (Wildman–Crippen MR) is 56.7 cm³/mol. The molecule has 0 N–H and O–H groups in total. The molecule has 1 nitrogen and oxygen atoms in total. The van der Waals surface area contributed by atoms with Gasteiger partial charge in [-0.25, -0.2) is 0 Å². The highest BCUT2D eigenvalue weighted by atomic mass is 32.2. The standard InChI is InChI=1S/C8H11NS.C2H6/c1-3-10-8-6-9-5-4-7(8)2;1-2/h4-6H,3H2,1-2H3;1-2H3. The van der Waals surface area contributed by atoms with Gasteiger partial charge < -0.3 is 0 Å². The molecule has 12 heavy (non-hydrogen) atoms. The van der Waals surface area contributed by atoms with Crippen LogP contribution < -0.4 is 0 Å². The van der Waals surface area contributed by atoms with Gasteiger partial charge in [0.1, 0.15) is 0 Å². The van der Waals surface area contributed by atoms with Crippen molar-refractivity contribution >= 4 is 11.8 Å². The van der Waals surface area contributed by atoms with Gasteiger partial charge in [0.25, 0.3) is 0 Å². The van der Waals surface area contributed by atoms with Crippen LogP contribution in [0.15, 0.2) is 23.4 Å². The summed E-state index contributed by atoms with van der Waals surface area (Å²) in [6, 6.07) is 2.04. The summed E-state index contributed by atoms with van der Waals surface area (Å²) in [5.41, 5.74) is 1.32. The van der Waals surface area contributed by atoms with Gasteiger partial charge in [-0.15, -0.1) is 11.8 Å². The molecule has 0 radical (unpaired) electrons. The van der Waals surface area contributed by atoms with Crippen molar-refractivity contribution in [1.82, 2.24) is 4.98 Å². The molecule has 1 heterocycles. The van der Waals surface area contributed by atoms with Gasteiger partial charge in [0.05, 0.1) is 0 Å². The van der Waals surface area contributed by atoms with Crippen LogP contribution >= 0.6 is 11.8 Å². The lowest BCUT2D eigenvalue weighted by atomic mass is 10.3. The minimum absolute atomic E-state index is 1.12. The molecule has 0 unspecified atom stereocenters. The molecule has 2 heteroatoms. The summed E-state index contributed by atoms with van der Waals surface area (Å²) in [6.07, 6.45) is 3.75. The quantitative estimate of drug-likeness (QED) is 0.651. The van der Waals surface area contributed by atoms with Gasteiger partial charge in [-0.2, -0.15) is 0 Å². The molecule has 0 aliphatic heterocycles. The Morgan fingerprint density at radius 2 is 2.08 bits per heavy atom. The van der Waals surface area contributed by atoms with Crippen molar-refractivity contribution in [1.29, 1.82) is 0 Å². The molecule has 0 aliphatic rings. The summed E-state index contributed by atoms with van der Waals surface area (Å²) in [6.45, 7) is 8.26. The molecular formula is C10H17NS. The van der Waals surface area contributed by atoms with Crippen molar-refractivity contribution in [2.45, 2.75) is 32.6 Å². The van der Waals surface area contributed by atoms with E-state index < -0.39 is 0 Å². The van der Waals surface area contributed by atoms with E-state index in [4.69, 9.17) is 0 Å². The van der Waals surface area contributed by atoms with E-state index >= 15 is 0 Å². The van der Waals surface area contributed by atoms with Crippen LogP contribution in [0.4, 0.5) is 0 Å². The molecule has 0 atom stereocenters. The van der Waals surface area contributed by atoms with Crippen molar-refractivity contribution in [3.8, 4) is 0 Å². The van der Waals surface area contributed by atoms with Crippen LogP contribution in [-0.2, 0) is 0 Å². The second kappa shape index (κ2) is 7.17. The lowest BCUT2D eigenvalue weighted by Gasteiger charge is -1.99. The Morgan fingerprint density at radius 1 is 1.42 bits per heavy atom. The molecule has 1 aromatic rings. The third kappa shape index (κ3) is 3.77. The van der Waals surface area contributed by atoms with E-state index in [1.165, 1.54) is 10.5 Å². The SMILES string of the molecule is CC.CCSc1cnccc1C. The Kier molecular flexibility index (Phi) is 6.87. The van der Waals surface area contributed by atoms with Gasteiger partial charge in [-0.1, -0.05) is 20.8 Å². The lowest BCUT2D eigenvalue weighted by molar-refractivity contribution is 1.17. The van der Waals surface area contributed by atoms with E-state index in [1.54, 1.807) is 0 Å². The maximum atomic E-state index is 4.04. The first-order valence-corrected chi connectivity index (χ1v) is 5.36. The Labute approximate surface area is 79.6 Å². The molecule has 0 amide bonds. The van der Waals surface area contributed by atoms with Crippen LogP contribution in [0, 0.1) is 6.92 Å². The second-order valence-corrected chi connectivity index (χ2v) is 3.38. The zero-order valence-corrected chi connectivity index (χ0v) is 9.11. The number of aryl methyl sites for hydroxylation is 1. The van der Waals surface area contributed by atoms with E-state index in [0.717, 1.165) is 5.75 Å². The summed E-state index contributed by atoms with van der Waals surface area (Å²) in [4.78, 5) is 5.34. The fourth-order valence-corrected chi connectivity index (χ4v) is 1.50. The van der Waals surface area contributed by atoms with Crippen LogP contribution in [0.5, 0.6) is 0 Å². The van der Waals surface area contributed by atoms with Crippen LogP contribution in [0.25, 0.3) is 0 Å². The second-order valence-electron chi connectivity index (χ2n) is 2.07. The molecule has 0 fully saturated rings. The van der Waals surface area contributed by atoms with Crippen molar-refractivity contribution in [2.24, 2.45) is 0 Å². The third-order valence-corrected chi connectivity index (χ3v) is 2.32. The van der Waals surface area contributed by atoms with Crippen LogP contribution in [0.2, 0.25) is 0 Å². The van der Waals surface area contributed by atoms with Gasteiger partial charge in [0.2, 0.25) is 0 Å². The van der Waals surface area contributed by atoms with Crippen molar-refractivity contribution in [2.75, 3.05) is 5.75 Å². The zero-order valence-electron chi connectivity index (χ0n) is 8.29. The fraction of sp³-hybridized carbons (Fsp3) is 0.500. The highest BCUT2D eigenvalue weighted by Gasteiger charge is 1.94. The highest BCUT2D eigenvalue weighted by Crippen LogP contribution is 2.19. The van der Waals surface area contributed by atoms with Crippen LogP contribution in [0.1, 0.15) is 26.3 Å². The number of hydrogen-bond acceptors (Lipinski definition) is 2. The first-order valence-electron chi connectivity index (χ1n) is 4.38. The van der Waals surface area contributed by atoms with E-state index in [0.29, 0.717) is 0 Å². The minimum Gasteiger partial charge on any atom is -0.264 e. The average Bonchev–Trinajstić information content (AvgIpc) is 2.13. The van der Waals surface area contributed by atoms with Crippen LogP contribution in [-0.4, -0.2) is 10.7 Å². The zero-order chi connectivity index (χ0) is 9.40. The van der Waals surface area contributed by atoms with E-state index in [1.807, 2.05) is 44.1 Å². The summed E-state index contributed by atoms with van der Waals surface area (Å²) in [5, 5.41) is 0. The van der Waals surface area contributed by atoms with Crippen molar-refractivity contribution in [3.63, 3.8) is 0 Å². The van der Waals surface area contributed by atoms with E-state index in [-0.39, 0.29) is 0 Å². The lowest BCUT2D eigenvalue weighted by Crippen LogP contribution is -1.80. The molecule has 0 saturated heterocycles. The molecule has 0 aromatic carbocycles. The Bertz CT molecular complexity index is 211. The summed E-state index contributed by atoms with van der Waals surface area (Å²) < 4.78 is 0. The Hall–Kier alpha value is -0.500. The summed E-state index contributed by atoms with van der Waals surface area (Å²) >= 11 is 1.84. The molecule has 0 bridgehead atoms. The predicted octanol–water partition coefficient (Wildman–Crippen LogP) is 3.53. The van der Waals surface area contributed by atoms with Crippen LogP contribution in [0.3, 0.4) is 0 Å². The smallest absolute Gasteiger partial charge is 0.0406 e. The van der Waals surface area contributed by atoms with Gasteiger partial charge in [-0.05, 0) is 24.3 Å². The van der Waals surface area contributed by atoms with E-state index in [2.05, 4.69) is 18.8 Å². The molecule has 1 aromatic heterocycles. The highest BCUT2D eigenvalue weighted by molar-refractivity contribution is 7.99. The number of rotatable bonds is 2. The molecule has 0 spiro atoms. The van der Waals surface area contributed by atoms with Gasteiger partial charge >= 0.3 is 0 Å². The molecule has 68 valence electrons. The number of nitrogens with zero attached hydrogens (tertiary/aromatic N) is 1. The summed E-state index contributed by atoms with van der Waals surface area (Å²) in [5.74, 6) is 1.12. The minimum atomic E-state index is 1.12. The number of pyridine rings is 1. The summed E-state index contributed by atoms with van der Waals surface area (Å²) in [7, 11) is 0. The number of hydrogen-bond donors (Lipinski definition) is 0. The average molecular weight is 183 g/mol. The first-order chi connectivity index (χ1) is 5.84. The molecular weight excluding hydrogens is 166 g/mol. The largest absolute Gasteiger partial charge is 0.264 e. The van der Waals surface area contributed by atoms with Gasteiger partial charge in [-0.3, -0.25) is 4.98 Å². The Balaban J connectivity index is 0.000000561. The molecule has 1 rings (SSSR count). The first kappa shape index (κ1) is 11.5. The van der Waals surface area contributed by atoms with Crippen molar-refractivity contribution in [3.05, 3.63) is 24.0 Å². The number of thioether (sulfide) groups is 1. The molecule has 0 saturated carbocycles. The number of aromatic nitrogens is 1. The monoisotopic (exact) mass is 183 g/mol. The maximum absolute atomic E-state index is 4.04. The van der Waals surface area contributed by atoms with Crippen molar-refractivity contribution < 1.29 is 0 Å². The van der Waals surface area contributed by atoms with E-state index in [9.17, 15) is 0 Å². The molecule has 0 aliphatic carbocycles. The van der Waals surface area contributed by atoms with Gasteiger partial charge in [0.15, 0.2) is 0 Å². The van der Waals surface area contributed by atoms with Gasteiger partial charge in [0, 0.05) is 17.3 Å². The maximum Gasteiger partial charge on any atom is 0.0406 e. The Morgan fingerprint density at radius 3 is 2.58 bits per heavy atom. The topological polar surface area (TPSA) is 12.9 Å². The normalized spacial score (nSPS) is 8.67.